The SMILES string of the molecule is CC(C)c1nc2ccc(Br)cc2c(=O)n1N=Cc1ccc(Cl)c([N+](=O)[O-])c1. The van der Waals surface area contributed by atoms with E-state index < -0.39 is 4.92 Å². The second kappa shape index (κ2) is 7.58. The number of aromatic nitrogens is 2. The predicted octanol–water partition coefficient (Wildman–Crippen LogP) is 4.73. The largest absolute Gasteiger partial charge is 0.288 e. The molecule has 9 heteroatoms. The zero-order valence-electron chi connectivity index (χ0n) is 14.4. The van der Waals surface area contributed by atoms with Crippen molar-refractivity contribution in [3.05, 3.63) is 77.7 Å². The van der Waals surface area contributed by atoms with Crippen LogP contribution in [0.1, 0.15) is 31.2 Å². The van der Waals surface area contributed by atoms with Gasteiger partial charge in [0.05, 0.1) is 22.0 Å². The van der Waals surface area contributed by atoms with Gasteiger partial charge in [0.25, 0.3) is 11.2 Å². The number of nitrogens with zero attached hydrogens (tertiary/aromatic N) is 4. The van der Waals surface area contributed by atoms with Crippen LogP contribution < -0.4 is 5.56 Å². The van der Waals surface area contributed by atoms with Crippen molar-refractivity contribution in [1.29, 1.82) is 0 Å². The fraction of sp³-hybridized carbons (Fsp3) is 0.167. The number of benzene rings is 2. The number of halogens is 2. The summed E-state index contributed by atoms with van der Waals surface area (Å²) in [7, 11) is 0. The quantitative estimate of drug-likeness (QED) is 0.327. The van der Waals surface area contributed by atoms with Gasteiger partial charge in [-0.1, -0.05) is 47.4 Å². The molecular formula is C18H14BrClN4O3. The summed E-state index contributed by atoms with van der Waals surface area (Å²) >= 11 is 9.18. The minimum Gasteiger partial charge on any atom is -0.267 e. The number of nitro benzene ring substituents is 1. The molecule has 0 amide bonds. The molecule has 7 nitrogen and oxygen atoms in total. The summed E-state index contributed by atoms with van der Waals surface area (Å²) in [5.41, 5.74) is 0.491. The molecule has 1 heterocycles. The molecule has 2 aromatic carbocycles. The standard InChI is InChI=1S/C18H14BrClN4O3/c1-10(2)17-22-15-6-4-12(19)8-13(15)18(25)23(17)21-9-11-3-5-14(20)16(7-11)24(26)27/h3-10H,1-2H3. The molecule has 0 spiro atoms. The van der Waals surface area contributed by atoms with Crippen molar-refractivity contribution >= 4 is 50.3 Å². The zero-order chi connectivity index (χ0) is 19.7. The molecule has 0 aliphatic carbocycles. The Labute approximate surface area is 167 Å². The lowest BCUT2D eigenvalue weighted by atomic mass is 10.2. The number of nitro groups is 1. The molecule has 0 atom stereocenters. The van der Waals surface area contributed by atoms with Crippen LogP contribution in [0.5, 0.6) is 0 Å². The van der Waals surface area contributed by atoms with Crippen LogP contribution in [0.15, 0.2) is 50.8 Å². The third-order valence-corrected chi connectivity index (χ3v) is 4.65. The molecule has 1 aromatic heterocycles. The molecule has 0 aliphatic heterocycles. The Morgan fingerprint density at radius 2 is 2.04 bits per heavy atom. The van der Waals surface area contributed by atoms with Crippen molar-refractivity contribution < 1.29 is 4.92 Å². The average Bonchev–Trinajstić information content (AvgIpc) is 2.62. The highest BCUT2D eigenvalue weighted by Crippen LogP contribution is 2.24. The van der Waals surface area contributed by atoms with Crippen molar-refractivity contribution in [1.82, 2.24) is 9.66 Å². The Hall–Kier alpha value is -2.58. The van der Waals surface area contributed by atoms with Gasteiger partial charge in [-0.3, -0.25) is 14.9 Å². The summed E-state index contributed by atoms with van der Waals surface area (Å²) < 4.78 is 1.98. The van der Waals surface area contributed by atoms with E-state index >= 15 is 0 Å². The Balaban J connectivity index is 2.16. The summed E-state index contributed by atoms with van der Waals surface area (Å²) in [5.74, 6) is 0.442. The van der Waals surface area contributed by atoms with Crippen LogP contribution in [0.25, 0.3) is 10.9 Å². The van der Waals surface area contributed by atoms with E-state index in [0.29, 0.717) is 22.3 Å². The maximum Gasteiger partial charge on any atom is 0.288 e. The van der Waals surface area contributed by atoms with Crippen LogP contribution in [0.2, 0.25) is 5.02 Å². The van der Waals surface area contributed by atoms with Gasteiger partial charge < -0.3 is 0 Å². The lowest BCUT2D eigenvalue weighted by Gasteiger charge is -2.11. The summed E-state index contributed by atoms with van der Waals surface area (Å²) in [4.78, 5) is 27.9. The zero-order valence-corrected chi connectivity index (χ0v) is 16.7. The first-order valence-corrected chi connectivity index (χ1v) is 9.15. The van der Waals surface area contributed by atoms with E-state index in [-0.39, 0.29) is 22.2 Å². The monoisotopic (exact) mass is 448 g/mol. The summed E-state index contributed by atoms with van der Waals surface area (Å²) in [6.45, 7) is 3.82. The van der Waals surface area contributed by atoms with E-state index in [4.69, 9.17) is 11.6 Å². The van der Waals surface area contributed by atoms with Gasteiger partial charge in [-0.15, -0.1) is 0 Å². The number of fused-ring (bicyclic) bond motifs is 1. The molecule has 0 unspecified atom stereocenters. The highest BCUT2D eigenvalue weighted by Gasteiger charge is 2.15. The maximum atomic E-state index is 12.9. The Morgan fingerprint density at radius 1 is 1.30 bits per heavy atom. The maximum absolute atomic E-state index is 12.9. The van der Waals surface area contributed by atoms with Gasteiger partial charge in [0.15, 0.2) is 0 Å². The molecule has 0 saturated heterocycles. The third-order valence-electron chi connectivity index (χ3n) is 3.84. The number of hydrogen-bond donors (Lipinski definition) is 0. The molecule has 0 bridgehead atoms. The van der Waals surface area contributed by atoms with Gasteiger partial charge in [0, 0.05) is 22.0 Å². The fourth-order valence-corrected chi connectivity index (χ4v) is 3.07. The van der Waals surface area contributed by atoms with Gasteiger partial charge in [-0.05, 0) is 24.3 Å². The summed E-state index contributed by atoms with van der Waals surface area (Å²) in [5, 5.41) is 15.7. The van der Waals surface area contributed by atoms with Crippen LogP contribution in [0.4, 0.5) is 5.69 Å². The molecule has 0 fully saturated rings. The minimum atomic E-state index is -0.569. The molecule has 0 N–H and O–H groups in total. The van der Waals surface area contributed by atoms with E-state index in [9.17, 15) is 14.9 Å². The first-order chi connectivity index (χ1) is 12.8. The number of hydrogen-bond acceptors (Lipinski definition) is 5. The van der Waals surface area contributed by atoms with Gasteiger partial charge in [0.2, 0.25) is 0 Å². The van der Waals surface area contributed by atoms with Crippen molar-refractivity contribution in [3.8, 4) is 0 Å². The highest BCUT2D eigenvalue weighted by molar-refractivity contribution is 9.10. The normalized spacial score (nSPS) is 11.6. The van der Waals surface area contributed by atoms with E-state index in [1.165, 1.54) is 23.0 Å². The Kier molecular flexibility index (Phi) is 5.38. The van der Waals surface area contributed by atoms with Crippen LogP contribution in [0.3, 0.4) is 0 Å². The third kappa shape index (κ3) is 3.91. The van der Waals surface area contributed by atoms with Crippen molar-refractivity contribution in [3.63, 3.8) is 0 Å². The minimum absolute atomic E-state index is 0.0365. The second-order valence-electron chi connectivity index (χ2n) is 6.12. The van der Waals surface area contributed by atoms with Crippen molar-refractivity contribution in [2.24, 2.45) is 5.10 Å². The highest BCUT2D eigenvalue weighted by atomic mass is 79.9. The van der Waals surface area contributed by atoms with Gasteiger partial charge >= 0.3 is 0 Å². The molecule has 138 valence electrons. The molecule has 0 radical (unpaired) electrons. The van der Waals surface area contributed by atoms with Gasteiger partial charge in [0.1, 0.15) is 10.8 Å². The van der Waals surface area contributed by atoms with Crippen LogP contribution in [-0.2, 0) is 0 Å². The molecule has 3 aromatic rings. The van der Waals surface area contributed by atoms with Crippen molar-refractivity contribution in [2.75, 3.05) is 0 Å². The second-order valence-corrected chi connectivity index (χ2v) is 7.44. The smallest absolute Gasteiger partial charge is 0.267 e. The van der Waals surface area contributed by atoms with E-state index in [2.05, 4.69) is 26.0 Å². The Morgan fingerprint density at radius 3 is 2.70 bits per heavy atom. The molecule has 0 aliphatic rings. The van der Waals surface area contributed by atoms with E-state index in [0.717, 1.165) is 4.47 Å². The first-order valence-electron chi connectivity index (χ1n) is 7.98. The molecular weight excluding hydrogens is 436 g/mol. The van der Waals surface area contributed by atoms with Gasteiger partial charge in [-0.2, -0.15) is 9.78 Å². The summed E-state index contributed by atoms with van der Waals surface area (Å²) in [6, 6.07) is 9.58. The van der Waals surface area contributed by atoms with E-state index in [1.807, 2.05) is 19.9 Å². The molecule has 3 rings (SSSR count). The van der Waals surface area contributed by atoms with Crippen LogP contribution >= 0.6 is 27.5 Å². The average molecular weight is 450 g/mol. The van der Waals surface area contributed by atoms with Crippen LogP contribution in [0, 0.1) is 10.1 Å². The summed E-state index contributed by atoms with van der Waals surface area (Å²) in [6.07, 6.45) is 1.38. The molecule has 0 saturated carbocycles. The predicted molar refractivity (Wildman–Crippen MR) is 109 cm³/mol. The van der Waals surface area contributed by atoms with Gasteiger partial charge in [-0.25, -0.2) is 4.98 Å². The lowest BCUT2D eigenvalue weighted by Crippen LogP contribution is -2.23. The molecule has 27 heavy (non-hydrogen) atoms. The van der Waals surface area contributed by atoms with E-state index in [1.54, 1.807) is 18.2 Å². The van der Waals surface area contributed by atoms with Crippen LogP contribution in [-0.4, -0.2) is 20.8 Å². The number of rotatable bonds is 4. The lowest BCUT2D eigenvalue weighted by molar-refractivity contribution is -0.384. The Bertz CT molecular complexity index is 1140. The topological polar surface area (TPSA) is 90.4 Å². The fourth-order valence-electron chi connectivity index (χ4n) is 2.53. The first kappa shape index (κ1) is 19.2. The van der Waals surface area contributed by atoms with Crippen molar-refractivity contribution in [2.45, 2.75) is 19.8 Å².